The van der Waals surface area contributed by atoms with Crippen molar-refractivity contribution in [2.75, 3.05) is 22.9 Å². The molecule has 27 heavy (non-hydrogen) atoms. The van der Waals surface area contributed by atoms with E-state index in [2.05, 4.69) is 39.9 Å². The lowest BCUT2D eigenvalue weighted by Crippen LogP contribution is -2.15. The topological polar surface area (TPSA) is 66.9 Å². The number of amides is 1. The van der Waals surface area contributed by atoms with E-state index in [1.165, 1.54) is 28.7 Å². The van der Waals surface area contributed by atoms with Crippen LogP contribution in [-0.4, -0.2) is 28.4 Å². The molecule has 1 amide bonds. The minimum absolute atomic E-state index is 0.0428. The molecule has 5 nitrogen and oxygen atoms in total. The summed E-state index contributed by atoms with van der Waals surface area (Å²) in [5.41, 5.74) is 3.17. The highest BCUT2D eigenvalue weighted by molar-refractivity contribution is 8.01. The Morgan fingerprint density at radius 3 is 2.67 bits per heavy atom. The Kier molecular flexibility index (Phi) is 7.24. The van der Waals surface area contributed by atoms with Gasteiger partial charge in [-0.05, 0) is 30.0 Å². The van der Waals surface area contributed by atoms with Gasteiger partial charge in [0.1, 0.15) is 0 Å². The molecule has 0 unspecified atom stereocenters. The molecular weight excluding hydrogens is 376 g/mol. The lowest BCUT2D eigenvalue weighted by atomic mass is 10.0. The lowest BCUT2D eigenvalue weighted by Gasteiger charge is -2.11. The zero-order valence-electron chi connectivity index (χ0n) is 15.1. The van der Waals surface area contributed by atoms with Gasteiger partial charge in [-0.2, -0.15) is 0 Å². The van der Waals surface area contributed by atoms with Crippen LogP contribution in [-0.2, 0) is 11.2 Å². The predicted molar refractivity (Wildman–Crippen MR) is 114 cm³/mol. The molecule has 7 heteroatoms. The van der Waals surface area contributed by atoms with Crippen LogP contribution in [0.1, 0.15) is 24.5 Å². The summed E-state index contributed by atoms with van der Waals surface area (Å²) in [7, 11) is 0. The third-order valence-electron chi connectivity index (χ3n) is 3.79. The molecule has 1 aromatic heterocycles. The highest BCUT2D eigenvalue weighted by atomic mass is 32.2. The summed E-state index contributed by atoms with van der Waals surface area (Å²) >= 11 is 2.88. The standard InChI is InChI=1S/C20H22N4OS2/c1-2-12-21-19-23-24-20(27-19)26-14-18(25)22-17-11-7-6-10-16(17)13-15-8-4-3-5-9-15/h3-11H,2,12-14H2,1H3,(H,21,23)(H,22,25). The number of aromatic nitrogens is 2. The molecule has 140 valence electrons. The van der Waals surface area contributed by atoms with Gasteiger partial charge < -0.3 is 10.6 Å². The first-order chi connectivity index (χ1) is 13.2. The maximum atomic E-state index is 12.4. The van der Waals surface area contributed by atoms with Crippen LogP contribution < -0.4 is 10.6 Å². The Balaban J connectivity index is 1.55. The first kappa shape index (κ1) is 19.4. The number of thioether (sulfide) groups is 1. The Labute approximate surface area is 167 Å². The second kappa shape index (κ2) is 10.1. The number of carbonyl (C=O) groups is 1. The second-order valence-corrected chi connectivity index (χ2v) is 8.16. The number of nitrogens with one attached hydrogen (secondary N) is 2. The van der Waals surface area contributed by atoms with Gasteiger partial charge in [-0.25, -0.2) is 0 Å². The molecule has 3 rings (SSSR count). The van der Waals surface area contributed by atoms with Crippen LogP contribution in [0.2, 0.25) is 0 Å². The van der Waals surface area contributed by atoms with E-state index in [0.717, 1.165) is 40.1 Å². The van der Waals surface area contributed by atoms with E-state index in [1.54, 1.807) is 0 Å². The van der Waals surface area contributed by atoms with Gasteiger partial charge in [0, 0.05) is 12.2 Å². The molecule has 0 atom stereocenters. The highest BCUT2D eigenvalue weighted by Gasteiger charge is 2.10. The van der Waals surface area contributed by atoms with Gasteiger partial charge in [0.15, 0.2) is 4.34 Å². The van der Waals surface area contributed by atoms with E-state index < -0.39 is 0 Å². The molecule has 0 spiro atoms. The Morgan fingerprint density at radius 1 is 1.07 bits per heavy atom. The van der Waals surface area contributed by atoms with E-state index >= 15 is 0 Å². The van der Waals surface area contributed by atoms with Crippen molar-refractivity contribution < 1.29 is 4.79 Å². The van der Waals surface area contributed by atoms with Crippen LogP contribution in [0.3, 0.4) is 0 Å². The van der Waals surface area contributed by atoms with E-state index in [1.807, 2.05) is 42.5 Å². The zero-order valence-corrected chi connectivity index (χ0v) is 16.8. The quantitative estimate of drug-likeness (QED) is 0.512. The van der Waals surface area contributed by atoms with Crippen molar-refractivity contribution in [3.8, 4) is 0 Å². The van der Waals surface area contributed by atoms with Crippen LogP contribution in [0.4, 0.5) is 10.8 Å². The number of rotatable bonds is 9. The number of para-hydroxylation sites is 1. The third-order valence-corrected chi connectivity index (χ3v) is 5.80. The fourth-order valence-electron chi connectivity index (χ4n) is 2.50. The first-order valence-electron chi connectivity index (χ1n) is 8.86. The smallest absolute Gasteiger partial charge is 0.234 e. The molecule has 2 aromatic carbocycles. The molecule has 0 bridgehead atoms. The molecule has 0 aliphatic carbocycles. The van der Waals surface area contributed by atoms with Gasteiger partial charge in [0.2, 0.25) is 11.0 Å². The summed E-state index contributed by atoms with van der Waals surface area (Å²) in [5.74, 6) is 0.265. The van der Waals surface area contributed by atoms with Crippen LogP contribution in [0, 0.1) is 0 Å². The number of anilines is 2. The molecule has 0 aliphatic rings. The average Bonchev–Trinajstić information content (AvgIpc) is 3.15. The summed E-state index contributed by atoms with van der Waals surface area (Å²) in [6.07, 6.45) is 1.82. The van der Waals surface area contributed by atoms with Gasteiger partial charge in [0.05, 0.1) is 5.75 Å². The van der Waals surface area contributed by atoms with Crippen molar-refractivity contribution >= 4 is 39.8 Å². The molecule has 0 saturated heterocycles. The van der Waals surface area contributed by atoms with Gasteiger partial charge in [-0.3, -0.25) is 4.79 Å². The van der Waals surface area contributed by atoms with Crippen LogP contribution >= 0.6 is 23.1 Å². The highest BCUT2D eigenvalue weighted by Crippen LogP contribution is 2.26. The van der Waals surface area contributed by atoms with Gasteiger partial charge >= 0.3 is 0 Å². The van der Waals surface area contributed by atoms with Gasteiger partial charge in [-0.1, -0.05) is 78.6 Å². The largest absolute Gasteiger partial charge is 0.360 e. The molecule has 0 aliphatic heterocycles. The van der Waals surface area contributed by atoms with E-state index in [9.17, 15) is 4.79 Å². The fourth-order valence-corrected chi connectivity index (χ4v) is 4.07. The monoisotopic (exact) mass is 398 g/mol. The number of nitrogens with zero attached hydrogens (tertiary/aromatic N) is 2. The van der Waals surface area contributed by atoms with Crippen molar-refractivity contribution in [3.63, 3.8) is 0 Å². The van der Waals surface area contributed by atoms with Crippen molar-refractivity contribution in [2.24, 2.45) is 0 Å². The summed E-state index contributed by atoms with van der Waals surface area (Å²) in [6.45, 7) is 2.97. The first-order valence-corrected chi connectivity index (χ1v) is 10.7. The van der Waals surface area contributed by atoms with Crippen molar-refractivity contribution in [3.05, 3.63) is 65.7 Å². The minimum Gasteiger partial charge on any atom is -0.360 e. The predicted octanol–water partition coefficient (Wildman–Crippen LogP) is 4.68. The number of carbonyl (C=O) groups excluding carboxylic acids is 1. The van der Waals surface area contributed by atoms with Crippen LogP contribution in [0.5, 0.6) is 0 Å². The maximum absolute atomic E-state index is 12.4. The number of hydrogen-bond acceptors (Lipinski definition) is 6. The van der Waals surface area contributed by atoms with Crippen LogP contribution in [0.15, 0.2) is 58.9 Å². The fraction of sp³-hybridized carbons (Fsp3) is 0.250. The van der Waals surface area contributed by atoms with Gasteiger partial charge in [0.25, 0.3) is 0 Å². The SMILES string of the molecule is CCCNc1nnc(SCC(=O)Nc2ccccc2Cc2ccccc2)s1. The number of hydrogen-bond donors (Lipinski definition) is 2. The Morgan fingerprint density at radius 2 is 1.85 bits per heavy atom. The molecule has 0 radical (unpaired) electrons. The molecular formula is C20H22N4OS2. The van der Waals surface area contributed by atoms with Crippen LogP contribution in [0.25, 0.3) is 0 Å². The molecule has 0 fully saturated rings. The normalized spacial score (nSPS) is 10.6. The maximum Gasteiger partial charge on any atom is 0.234 e. The Hall–Kier alpha value is -2.38. The van der Waals surface area contributed by atoms with E-state index in [0.29, 0.717) is 5.75 Å². The summed E-state index contributed by atoms with van der Waals surface area (Å²) < 4.78 is 0.793. The lowest BCUT2D eigenvalue weighted by molar-refractivity contribution is -0.113. The van der Waals surface area contributed by atoms with Gasteiger partial charge in [-0.15, -0.1) is 10.2 Å². The number of benzene rings is 2. The molecule has 3 aromatic rings. The molecule has 0 saturated carbocycles. The Bertz CT molecular complexity index is 867. The summed E-state index contributed by atoms with van der Waals surface area (Å²) in [5, 5.41) is 15.2. The summed E-state index contributed by atoms with van der Waals surface area (Å²) in [6, 6.07) is 18.2. The minimum atomic E-state index is -0.0428. The summed E-state index contributed by atoms with van der Waals surface area (Å²) in [4.78, 5) is 12.4. The second-order valence-electron chi connectivity index (χ2n) is 5.96. The van der Waals surface area contributed by atoms with Crippen molar-refractivity contribution in [2.45, 2.75) is 24.1 Å². The van der Waals surface area contributed by atoms with E-state index in [4.69, 9.17) is 0 Å². The zero-order chi connectivity index (χ0) is 18.9. The average molecular weight is 399 g/mol. The van der Waals surface area contributed by atoms with E-state index in [-0.39, 0.29) is 5.91 Å². The molecule has 2 N–H and O–H groups in total. The third kappa shape index (κ3) is 6.08. The molecule has 1 heterocycles. The van der Waals surface area contributed by atoms with Crippen molar-refractivity contribution in [1.82, 2.24) is 10.2 Å². The van der Waals surface area contributed by atoms with Crippen molar-refractivity contribution in [1.29, 1.82) is 0 Å².